The fraction of sp³-hybridized carbons (Fsp3) is 0.278. The Morgan fingerprint density at radius 3 is 2.96 bits per heavy atom. The van der Waals surface area contributed by atoms with Crippen molar-refractivity contribution in [3.8, 4) is 17.5 Å². The molecule has 1 atom stereocenters. The Morgan fingerprint density at radius 1 is 1.25 bits per heavy atom. The molecule has 0 bridgehead atoms. The van der Waals surface area contributed by atoms with Crippen LogP contribution in [0.25, 0.3) is 22.3 Å². The first-order valence-corrected chi connectivity index (χ1v) is 8.12. The van der Waals surface area contributed by atoms with Gasteiger partial charge in [0, 0.05) is 29.6 Å². The Bertz CT molecular complexity index is 930. The smallest absolute Gasteiger partial charge is 0.163 e. The lowest BCUT2D eigenvalue weighted by molar-refractivity contribution is 0.454. The Kier molecular flexibility index (Phi) is 3.63. The topological polar surface area (TPSA) is 103 Å². The normalized spacial score (nSPS) is 17.7. The van der Waals surface area contributed by atoms with E-state index in [0.29, 0.717) is 11.4 Å². The average molecular weight is 318 g/mol. The fourth-order valence-electron chi connectivity index (χ4n) is 3.38. The van der Waals surface area contributed by atoms with Crippen molar-refractivity contribution in [1.82, 2.24) is 20.3 Å². The molecule has 120 valence electrons. The Hall–Kier alpha value is -2.91. The molecule has 1 fully saturated rings. The van der Waals surface area contributed by atoms with Crippen LogP contribution in [-0.2, 0) is 0 Å². The Labute approximate surface area is 139 Å². The molecule has 4 N–H and O–H groups in total. The third kappa shape index (κ3) is 2.39. The van der Waals surface area contributed by atoms with Crippen LogP contribution in [0.5, 0.6) is 0 Å². The number of fused-ring (bicyclic) bond motifs is 1. The second kappa shape index (κ2) is 5.95. The maximum atomic E-state index is 9.49. The zero-order valence-corrected chi connectivity index (χ0v) is 13.2. The zero-order chi connectivity index (χ0) is 16.5. The van der Waals surface area contributed by atoms with E-state index in [1.807, 2.05) is 30.5 Å². The molecule has 0 aliphatic carbocycles. The molecular formula is C18H18N6. The number of para-hydroxylation sites is 1. The summed E-state index contributed by atoms with van der Waals surface area (Å²) in [4.78, 5) is 12.4. The van der Waals surface area contributed by atoms with Gasteiger partial charge < -0.3 is 16.0 Å². The summed E-state index contributed by atoms with van der Waals surface area (Å²) in [6, 6.07) is 10.2. The summed E-state index contributed by atoms with van der Waals surface area (Å²) in [6.45, 7) is 1.82. The van der Waals surface area contributed by atoms with Crippen molar-refractivity contribution in [2.24, 2.45) is 0 Å². The number of nitrogens with zero attached hydrogens (tertiary/aromatic N) is 3. The molecule has 1 saturated heterocycles. The molecule has 6 nitrogen and oxygen atoms in total. The summed E-state index contributed by atoms with van der Waals surface area (Å²) >= 11 is 0. The monoisotopic (exact) mass is 318 g/mol. The Morgan fingerprint density at radius 2 is 2.17 bits per heavy atom. The number of aromatic amines is 1. The summed E-state index contributed by atoms with van der Waals surface area (Å²) in [7, 11) is 0. The SMILES string of the molecule is N#Cc1c(N)nc(-c2cccc3cc[nH]c23)nc1C1CCCNC1. The van der Waals surface area contributed by atoms with E-state index in [2.05, 4.69) is 21.4 Å². The first-order chi connectivity index (χ1) is 11.8. The average Bonchev–Trinajstić information content (AvgIpc) is 3.10. The summed E-state index contributed by atoms with van der Waals surface area (Å²) in [5.41, 5.74) is 9.14. The highest BCUT2D eigenvalue weighted by atomic mass is 15.0. The van der Waals surface area contributed by atoms with Crippen molar-refractivity contribution in [1.29, 1.82) is 5.26 Å². The minimum atomic E-state index is 0.195. The van der Waals surface area contributed by atoms with Crippen LogP contribution in [0, 0.1) is 11.3 Å². The van der Waals surface area contributed by atoms with E-state index in [4.69, 9.17) is 10.7 Å². The number of rotatable bonds is 2. The molecule has 1 aromatic carbocycles. The number of aromatic nitrogens is 3. The van der Waals surface area contributed by atoms with Gasteiger partial charge in [0.25, 0.3) is 0 Å². The first kappa shape index (κ1) is 14.7. The van der Waals surface area contributed by atoms with E-state index in [9.17, 15) is 5.26 Å². The van der Waals surface area contributed by atoms with E-state index in [0.717, 1.165) is 48.1 Å². The first-order valence-electron chi connectivity index (χ1n) is 8.12. The Balaban J connectivity index is 1.89. The zero-order valence-electron chi connectivity index (χ0n) is 13.2. The fourth-order valence-corrected chi connectivity index (χ4v) is 3.38. The second-order valence-corrected chi connectivity index (χ2v) is 6.10. The van der Waals surface area contributed by atoms with Crippen molar-refractivity contribution in [2.75, 3.05) is 18.8 Å². The van der Waals surface area contributed by atoms with Gasteiger partial charge in [0.2, 0.25) is 0 Å². The van der Waals surface area contributed by atoms with Gasteiger partial charge in [0.15, 0.2) is 5.82 Å². The van der Waals surface area contributed by atoms with E-state index in [1.165, 1.54) is 0 Å². The molecule has 6 heteroatoms. The van der Waals surface area contributed by atoms with Crippen LogP contribution in [0.15, 0.2) is 30.5 Å². The van der Waals surface area contributed by atoms with Crippen LogP contribution in [-0.4, -0.2) is 28.0 Å². The number of H-pyrrole nitrogens is 1. The van der Waals surface area contributed by atoms with Gasteiger partial charge >= 0.3 is 0 Å². The highest BCUT2D eigenvalue weighted by molar-refractivity contribution is 5.92. The molecule has 1 unspecified atom stereocenters. The van der Waals surface area contributed by atoms with Crippen molar-refractivity contribution < 1.29 is 0 Å². The van der Waals surface area contributed by atoms with Crippen LogP contribution in [0.4, 0.5) is 5.82 Å². The predicted molar refractivity (Wildman–Crippen MR) is 93.3 cm³/mol. The van der Waals surface area contributed by atoms with Crippen LogP contribution in [0.2, 0.25) is 0 Å². The van der Waals surface area contributed by atoms with E-state index in [1.54, 1.807) is 0 Å². The molecule has 0 amide bonds. The number of hydrogen-bond acceptors (Lipinski definition) is 5. The van der Waals surface area contributed by atoms with Crippen molar-refractivity contribution in [3.05, 3.63) is 41.7 Å². The van der Waals surface area contributed by atoms with Crippen LogP contribution < -0.4 is 11.1 Å². The van der Waals surface area contributed by atoms with E-state index in [-0.39, 0.29) is 11.7 Å². The van der Waals surface area contributed by atoms with Gasteiger partial charge in [0.05, 0.1) is 11.2 Å². The number of hydrogen-bond donors (Lipinski definition) is 3. The summed E-state index contributed by atoms with van der Waals surface area (Å²) in [6.07, 6.45) is 3.97. The van der Waals surface area contributed by atoms with Gasteiger partial charge in [-0.15, -0.1) is 0 Å². The van der Waals surface area contributed by atoms with Gasteiger partial charge in [-0.05, 0) is 31.5 Å². The molecule has 3 heterocycles. The number of anilines is 1. The van der Waals surface area contributed by atoms with Crippen LogP contribution >= 0.6 is 0 Å². The van der Waals surface area contributed by atoms with Crippen molar-refractivity contribution in [3.63, 3.8) is 0 Å². The number of benzene rings is 1. The number of nitrogens with one attached hydrogen (secondary N) is 2. The lowest BCUT2D eigenvalue weighted by Gasteiger charge is -2.23. The van der Waals surface area contributed by atoms with Crippen LogP contribution in [0.3, 0.4) is 0 Å². The lowest BCUT2D eigenvalue weighted by atomic mass is 9.93. The van der Waals surface area contributed by atoms with E-state index >= 15 is 0 Å². The van der Waals surface area contributed by atoms with Gasteiger partial charge in [-0.3, -0.25) is 0 Å². The molecule has 2 aromatic heterocycles. The third-order valence-electron chi connectivity index (χ3n) is 4.59. The second-order valence-electron chi connectivity index (χ2n) is 6.10. The summed E-state index contributed by atoms with van der Waals surface area (Å²) in [5.74, 6) is 1.02. The standard InChI is InChI=1S/C18H18N6/c19-9-14-16(12-4-2-7-21-10-12)23-18(24-17(14)20)13-5-1-3-11-6-8-22-15(11)13/h1,3,5-6,8,12,21-22H,2,4,7,10H2,(H2,20,23,24). The van der Waals surface area contributed by atoms with E-state index < -0.39 is 0 Å². The molecule has 24 heavy (non-hydrogen) atoms. The quantitative estimate of drug-likeness (QED) is 0.673. The van der Waals surface area contributed by atoms with Crippen molar-refractivity contribution >= 4 is 16.7 Å². The number of nitrogens with two attached hydrogens (primary N) is 1. The molecule has 0 radical (unpaired) electrons. The molecule has 1 aliphatic heterocycles. The number of piperidine rings is 1. The predicted octanol–water partition coefficient (Wildman–Crippen LogP) is 2.55. The molecule has 4 rings (SSSR count). The van der Waals surface area contributed by atoms with Crippen molar-refractivity contribution in [2.45, 2.75) is 18.8 Å². The highest BCUT2D eigenvalue weighted by Crippen LogP contribution is 2.31. The largest absolute Gasteiger partial charge is 0.382 e. The third-order valence-corrected chi connectivity index (χ3v) is 4.59. The maximum Gasteiger partial charge on any atom is 0.163 e. The number of nitrogen functional groups attached to an aromatic ring is 1. The van der Waals surface area contributed by atoms with Gasteiger partial charge in [-0.1, -0.05) is 12.1 Å². The molecule has 1 aliphatic rings. The lowest BCUT2D eigenvalue weighted by Crippen LogP contribution is -2.29. The van der Waals surface area contributed by atoms with Gasteiger partial charge in [-0.2, -0.15) is 5.26 Å². The van der Waals surface area contributed by atoms with Gasteiger partial charge in [0.1, 0.15) is 17.5 Å². The molecule has 3 aromatic rings. The van der Waals surface area contributed by atoms with Gasteiger partial charge in [-0.25, -0.2) is 9.97 Å². The molecular weight excluding hydrogens is 300 g/mol. The molecule has 0 spiro atoms. The summed E-state index contributed by atoms with van der Waals surface area (Å²) in [5, 5.41) is 14.0. The minimum absolute atomic E-state index is 0.195. The molecule has 0 saturated carbocycles. The highest BCUT2D eigenvalue weighted by Gasteiger charge is 2.23. The van der Waals surface area contributed by atoms with Crippen LogP contribution in [0.1, 0.15) is 30.0 Å². The minimum Gasteiger partial charge on any atom is -0.382 e. The maximum absolute atomic E-state index is 9.49. The number of nitriles is 1. The summed E-state index contributed by atoms with van der Waals surface area (Å²) < 4.78 is 0.